The normalized spacial score (nSPS) is 23.6. The summed E-state index contributed by atoms with van der Waals surface area (Å²) in [5, 5.41) is 9.06. The number of methoxy groups -OCH3 is 1. The van der Waals surface area contributed by atoms with Crippen LogP contribution in [0.5, 0.6) is 0 Å². The summed E-state index contributed by atoms with van der Waals surface area (Å²) in [6, 6.07) is -0.879. The summed E-state index contributed by atoms with van der Waals surface area (Å²) in [5.74, 6) is -1.47. The molecule has 0 aromatic rings. The van der Waals surface area contributed by atoms with E-state index in [0.29, 0.717) is 0 Å². The molecule has 1 N–H and O–H groups in total. The molecule has 1 fully saturated rings. The van der Waals surface area contributed by atoms with E-state index >= 15 is 0 Å². The second-order valence-electron chi connectivity index (χ2n) is 4.73. The third-order valence-corrected chi connectivity index (χ3v) is 4.14. The lowest BCUT2D eigenvalue weighted by atomic mass is 10.2. The number of carboxylic acid groups (broad SMARTS) is 1. The summed E-state index contributed by atoms with van der Waals surface area (Å²) in [4.78, 5) is 24.2. The average Bonchev–Trinajstić information content (AvgIpc) is 2.71. The molecular formula is C11H19NO6S. The number of aliphatic carboxylic acids is 1. The van der Waals surface area contributed by atoms with Gasteiger partial charge in [0.2, 0.25) is 5.91 Å². The number of amides is 1. The Balaban J connectivity index is 2.57. The van der Waals surface area contributed by atoms with Gasteiger partial charge in [-0.25, -0.2) is 13.2 Å². The molecule has 1 aliphatic rings. The minimum atomic E-state index is -3.10. The van der Waals surface area contributed by atoms with Crippen LogP contribution in [0.2, 0.25) is 0 Å². The first kappa shape index (κ1) is 15.9. The van der Waals surface area contributed by atoms with Gasteiger partial charge in [-0.05, 0) is 6.42 Å². The van der Waals surface area contributed by atoms with Gasteiger partial charge in [-0.1, -0.05) is 0 Å². The number of nitrogens with zero attached hydrogens (tertiary/aromatic N) is 1. The van der Waals surface area contributed by atoms with Crippen molar-refractivity contribution in [2.75, 3.05) is 25.7 Å². The van der Waals surface area contributed by atoms with Crippen LogP contribution in [0.1, 0.15) is 19.3 Å². The van der Waals surface area contributed by atoms with E-state index in [-0.39, 0.29) is 43.6 Å². The van der Waals surface area contributed by atoms with Crippen molar-refractivity contribution in [1.82, 2.24) is 4.90 Å². The van der Waals surface area contributed by atoms with E-state index in [9.17, 15) is 18.0 Å². The fraction of sp³-hybridized carbons (Fsp3) is 0.818. The van der Waals surface area contributed by atoms with Crippen LogP contribution < -0.4 is 0 Å². The van der Waals surface area contributed by atoms with Crippen LogP contribution in [-0.2, 0) is 24.2 Å². The Morgan fingerprint density at radius 1 is 1.42 bits per heavy atom. The number of rotatable bonds is 6. The molecule has 0 spiro atoms. The maximum Gasteiger partial charge on any atom is 0.326 e. The van der Waals surface area contributed by atoms with E-state index in [1.807, 2.05) is 0 Å². The summed E-state index contributed by atoms with van der Waals surface area (Å²) < 4.78 is 27.0. The van der Waals surface area contributed by atoms with Gasteiger partial charge in [0.05, 0.1) is 11.9 Å². The first-order valence-corrected chi connectivity index (χ1v) is 8.03. The molecule has 8 heteroatoms. The largest absolute Gasteiger partial charge is 0.480 e. The van der Waals surface area contributed by atoms with Crippen molar-refractivity contribution in [3.8, 4) is 0 Å². The average molecular weight is 293 g/mol. The van der Waals surface area contributed by atoms with E-state index in [2.05, 4.69) is 0 Å². The van der Waals surface area contributed by atoms with Gasteiger partial charge < -0.3 is 14.7 Å². The summed E-state index contributed by atoms with van der Waals surface area (Å²) >= 11 is 0. The van der Waals surface area contributed by atoms with Crippen molar-refractivity contribution < 1.29 is 27.9 Å². The number of carbonyl (C=O) groups is 2. The second kappa shape index (κ2) is 6.33. The number of hydrogen-bond acceptors (Lipinski definition) is 5. The summed E-state index contributed by atoms with van der Waals surface area (Å²) in [7, 11) is -1.63. The Hall–Kier alpha value is -1.15. The van der Waals surface area contributed by atoms with Crippen molar-refractivity contribution >= 4 is 21.7 Å². The number of sulfone groups is 1. The highest BCUT2D eigenvalue weighted by molar-refractivity contribution is 7.90. The van der Waals surface area contributed by atoms with E-state index < -0.39 is 21.8 Å². The lowest BCUT2D eigenvalue weighted by Crippen LogP contribution is -2.40. The van der Waals surface area contributed by atoms with Gasteiger partial charge in [0.1, 0.15) is 15.9 Å². The molecule has 1 aliphatic heterocycles. The second-order valence-corrected chi connectivity index (χ2v) is 6.99. The fourth-order valence-electron chi connectivity index (χ4n) is 2.11. The molecule has 1 heterocycles. The molecule has 0 radical (unpaired) electrons. The van der Waals surface area contributed by atoms with Crippen LogP contribution in [0.25, 0.3) is 0 Å². The molecular weight excluding hydrogens is 274 g/mol. The Morgan fingerprint density at radius 3 is 2.53 bits per heavy atom. The maximum absolute atomic E-state index is 11.9. The predicted octanol–water partition coefficient (Wildman–Crippen LogP) is -0.488. The molecule has 2 unspecified atom stereocenters. The van der Waals surface area contributed by atoms with Gasteiger partial charge in [-0.2, -0.15) is 0 Å². The zero-order valence-corrected chi connectivity index (χ0v) is 11.9. The van der Waals surface area contributed by atoms with Crippen LogP contribution in [0.3, 0.4) is 0 Å². The van der Waals surface area contributed by atoms with Crippen molar-refractivity contribution in [1.29, 1.82) is 0 Å². The Kier molecular flexibility index (Phi) is 5.30. The molecule has 7 nitrogen and oxygen atoms in total. The minimum Gasteiger partial charge on any atom is -0.480 e. The molecule has 2 atom stereocenters. The molecule has 19 heavy (non-hydrogen) atoms. The lowest BCUT2D eigenvalue weighted by molar-refractivity contribution is -0.148. The minimum absolute atomic E-state index is 0.0350. The van der Waals surface area contributed by atoms with E-state index in [1.54, 1.807) is 0 Å². The van der Waals surface area contributed by atoms with Crippen LogP contribution in [-0.4, -0.2) is 68.1 Å². The Morgan fingerprint density at radius 2 is 2.05 bits per heavy atom. The van der Waals surface area contributed by atoms with Crippen molar-refractivity contribution in [3.05, 3.63) is 0 Å². The zero-order chi connectivity index (χ0) is 14.6. The molecule has 1 saturated heterocycles. The fourth-order valence-corrected chi connectivity index (χ4v) is 2.78. The number of carbonyl (C=O) groups excluding carboxylic acids is 1. The molecule has 110 valence electrons. The summed E-state index contributed by atoms with van der Waals surface area (Å²) in [6.45, 7) is 0.241. The molecule has 0 aliphatic carbocycles. The van der Waals surface area contributed by atoms with Crippen LogP contribution in [0.4, 0.5) is 0 Å². The molecule has 0 saturated carbocycles. The molecule has 1 amide bonds. The van der Waals surface area contributed by atoms with E-state index in [4.69, 9.17) is 9.84 Å². The molecule has 0 aromatic carbocycles. The zero-order valence-electron chi connectivity index (χ0n) is 11.0. The lowest BCUT2D eigenvalue weighted by Gasteiger charge is -2.21. The molecule has 0 aromatic heterocycles. The smallest absolute Gasteiger partial charge is 0.326 e. The SMILES string of the molecule is COC1CC(C(=O)O)N(C(=O)CCCS(C)(=O)=O)C1. The third-order valence-electron chi connectivity index (χ3n) is 3.11. The highest BCUT2D eigenvalue weighted by atomic mass is 32.2. The van der Waals surface area contributed by atoms with Crippen LogP contribution in [0, 0.1) is 0 Å². The summed E-state index contributed by atoms with van der Waals surface area (Å²) in [6.07, 6.45) is 1.34. The number of hydrogen-bond donors (Lipinski definition) is 1. The van der Waals surface area contributed by atoms with Crippen molar-refractivity contribution in [2.45, 2.75) is 31.4 Å². The first-order valence-electron chi connectivity index (χ1n) is 5.97. The van der Waals surface area contributed by atoms with E-state index in [1.165, 1.54) is 12.0 Å². The number of carboxylic acids is 1. The number of ether oxygens (including phenoxy) is 1. The first-order chi connectivity index (χ1) is 8.74. The topological polar surface area (TPSA) is 101 Å². The highest BCUT2D eigenvalue weighted by Crippen LogP contribution is 2.21. The Labute approximate surface area is 112 Å². The van der Waals surface area contributed by atoms with Gasteiger partial charge in [0.15, 0.2) is 0 Å². The quantitative estimate of drug-likeness (QED) is 0.709. The van der Waals surface area contributed by atoms with E-state index in [0.717, 1.165) is 6.26 Å². The van der Waals surface area contributed by atoms with Gasteiger partial charge in [-0.15, -0.1) is 0 Å². The van der Waals surface area contributed by atoms with Crippen LogP contribution >= 0.6 is 0 Å². The predicted molar refractivity (Wildman–Crippen MR) is 67.5 cm³/mol. The molecule has 1 rings (SSSR count). The van der Waals surface area contributed by atoms with Crippen molar-refractivity contribution in [2.24, 2.45) is 0 Å². The maximum atomic E-state index is 11.9. The van der Waals surface area contributed by atoms with Gasteiger partial charge >= 0.3 is 5.97 Å². The molecule has 0 bridgehead atoms. The number of likely N-dealkylation sites (tertiary alicyclic amines) is 1. The summed E-state index contributed by atoms with van der Waals surface area (Å²) in [5.41, 5.74) is 0. The van der Waals surface area contributed by atoms with Gasteiger partial charge in [0.25, 0.3) is 0 Å². The van der Waals surface area contributed by atoms with Gasteiger partial charge in [-0.3, -0.25) is 4.79 Å². The Bertz CT molecular complexity index is 446. The highest BCUT2D eigenvalue weighted by Gasteiger charge is 2.39. The monoisotopic (exact) mass is 293 g/mol. The standard InChI is InChI=1S/C11H19NO6S/c1-18-8-6-9(11(14)15)12(7-8)10(13)4-3-5-19(2,16)17/h8-9H,3-7H2,1-2H3,(H,14,15). The van der Waals surface area contributed by atoms with Crippen LogP contribution in [0.15, 0.2) is 0 Å². The third kappa shape index (κ3) is 4.79. The van der Waals surface area contributed by atoms with Crippen molar-refractivity contribution in [3.63, 3.8) is 0 Å². The van der Waals surface area contributed by atoms with Gasteiger partial charge in [0, 0.05) is 32.8 Å².